The van der Waals surface area contributed by atoms with Crippen LogP contribution < -0.4 is 16.4 Å². The number of nitrogens with one attached hydrogen (secondary N) is 2. The number of rotatable bonds is 7. The van der Waals surface area contributed by atoms with Crippen molar-refractivity contribution in [1.29, 1.82) is 0 Å². The summed E-state index contributed by atoms with van der Waals surface area (Å²) in [7, 11) is 0. The Bertz CT molecular complexity index is 1420. The molecule has 4 rings (SSSR count). The minimum atomic E-state index is -3.09. The van der Waals surface area contributed by atoms with Crippen molar-refractivity contribution in [2.75, 3.05) is 17.6 Å². The van der Waals surface area contributed by atoms with Gasteiger partial charge in [-0.15, -0.1) is 0 Å². The van der Waals surface area contributed by atoms with Crippen molar-refractivity contribution in [3.05, 3.63) is 89.1 Å². The summed E-state index contributed by atoms with van der Waals surface area (Å²) < 4.78 is 27.7. The van der Waals surface area contributed by atoms with Crippen LogP contribution in [0, 0.1) is 0 Å². The van der Waals surface area contributed by atoms with Crippen molar-refractivity contribution in [3.8, 4) is 16.9 Å². The zero-order valence-corrected chi connectivity index (χ0v) is 19.8. The lowest BCUT2D eigenvalue weighted by Crippen LogP contribution is -2.34. The third-order valence-electron chi connectivity index (χ3n) is 5.02. The molecule has 4 N–H and O–H groups in total. The molecule has 4 aromatic rings. The summed E-state index contributed by atoms with van der Waals surface area (Å²) in [4.78, 5) is 29.9. The second-order valence-corrected chi connectivity index (χ2v) is 8.42. The first kappa shape index (κ1) is 24.8. The number of anilines is 2. The molecule has 0 bridgehead atoms. The number of halogens is 3. The van der Waals surface area contributed by atoms with Gasteiger partial charge in [-0.25, -0.2) is 18.4 Å². The lowest BCUT2D eigenvalue weighted by molar-refractivity contribution is 0.0220. The lowest BCUT2D eigenvalue weighted by atomic mass is 10.1. The molecule has 11 heteroatoms. The summed E-state index contributed by atoms with van der Waals surface area (Å²) in [5.41, 5.74) is 7.48. The van der Waals surface area contributed by atoms with Gasteiger partial charge in [0, 0.05) is 18.6 Å². The first-order valence-electron chi connectivity index (χ1n) is 10.8. The number of hydrogen-bond donors (Lipinski definition) is 3. The molecule has 36 heavy (non-hydrogen) atoms. The molecule has 0 saturated heterocycles. The SMILES string of the molecule is CC(F)(F)CNC(=O)c1cc(NC(=O)c2cc(-c3cccc(N)n3)ccc2Cl)n(-c2ccccc2)n1. The minimum absolute atomic E-state index is 0.142. The van der Waals surface area contributed by atoms with Crippen LogP contribution in [0.3, 0.4) is 0 Å². The lowest BCUT2D eigenvalue weighted by Gasteiger charge is -2.11. The smallest absolute Gasteiger partial charge is 0.272 e. The Morgan fingerprint density at radius 2 is 1.78 bits per heavy atom. The largest absolute Gasteiger partial charge is 0.384 e. The van der Waals surface area contributed by atoms with Gasteiger partial charge < -0.3 is 16.4 Å². The van der Waals surface area contributed by atoms with Crippen LogP contribution in [0.25, 0.3) is 16.9 Å². The second kappa shape index (κ2) is 10.1. The third-order valence-corrected chi connectivity index (χ3v) is 5.35. The van der Waals surface area contributed by atoms with Crippen molar-refractivity contribution in [2.45, 2.75) is 12.8 Å². The van der Waals surface area contributed by atoms with Gasteiger partial charge >= 0.3 is 0 Å². The molecule has 0 unspecified atom stereocenters. The van der Waals surface area contributed by atoms with E-state index in [0.717, 1.165) is 0 Å². The summed E-state index contributed by atoms with van der Waals surface area (Å²) in [5, 5.41) is 9.25. The highest BCUT2D eigenvalue weighted by Gasteiger charge is 2.24. The van der Waals surface area contributed by atoms with E-state index in [-0.39, 0.29) is 22.1 Å². The van der Waals surface area contributed by atoms with Crippen LogP contribution in [0.2, 0.25) is 5.02 Å². The number of hydrogen-bond acceptors (Lipinski definition) is 5. The van der Waals surface area contributed by atoms with E-state index >= 15 is 0 Å². The maximum absolute atomic E-state index is 13.2. The third kappa shape index (κ3) is 5.84. The number of benzene rings is 2. The fourth-order valence-corrected chi connectivity index (χ4v) is 3.53. The molecule has 8 nitrogen and oxygen atoms in total. The second-order valence-electron chi connectivity index (χ2n) is 8.01. The van der Waals surface area contributed by atoms with Crippen LogP contribution in [-0.4, -0.2) is 39.0 Å². The van der Waals surface area contributed by atoms with E-state index in [1.807, 2.05) is 0 Å². The predicted octanol–water partition coefficient (Wildman–Crippen LogP) is 4.81. The van der Waals surface area contributed by atoms with E-state index in [1.54, 1.807) is 66.7 Å². The Morgan fingerprint density at radius 1 is 1.03 bits per heavy atom. The zero-order valence-electron chi connectivity index (χ0n) is 19.0. The fourth-order valence-electron chi connectivity index (χ4n) is 3.33. The Hall–Kier alpha value is -4.31. The van der Waals surface area contributed by atoms with Gasteiger partial charge in [0.05, 0.1) is 28.5 Å². The van der Waals surface area contributed by atoms with Crippen LogP contribution in [0.5, 0.6) is 0 Å². The maximum atomic E-state index is 13.2. The number of pyridine rings is 1. The molecule has 0 spiro atoms. The quantitative estimate of drug-likeness (QED) is 0.330. The molecular formula is C25H21ClF2N6O2. The highest BCUT2D eigenvalue weighted by Crippen LogP contribution is 2.26. The van der Waals surface area contributed by atoms with E-state index < -0.39 is 24.3 Å². The number of carbonyl (C=O) groups is 2. The summed E-state index contributed by atoms with van der Waals surface area (Å²) >= 11 is 6.31. The molecular weight excluding hydrogens is 490 g/mol. The van der Waals surface area contributed by atoms with Crippen molar-refractivity contribution in [1.82, 2.24) is 20.1 Å². The van der Waals surface area contributed by atoms with Crippen LogP contribution in [0.15, 0.2) is 72.8 Å². The van der Waals surface area contributed by atoms with Crippen LogP contribution >= 0.6 is 11.6 Å². The Kier molecular flexibility index (Phi) is 6.98. The molecule has 2 amide bonds. The van der Waals surface area contributed by atoms with Crippen molar-refractivity contribution in [3.63, 3.8) is 0 Å². The number of nitrogen functional groups attached to an aromatic ring is 1. The van der Waals surface area contributed by atoms with E-state index in [0.29, 0.717) is 29.7 Å². The molecule has 184 valence electrons. The molecule has 0 aliphatic heterocycles. The standard InChI is InChI=1S/C25H21ClF2N6O2/c1-25(27,28)14-30-24(36)20-13-22(34(33-20)16-6-3-2-4-7-16)32-23(35)17-12-15(10-11-18(17)26)19-8-5-9-21(29)31-19/h2-13H,14H2,1H3,(H2,29,31)(H,30,36)(H,32,35). The summed E-state index contributed by atoms with van der Waals surface area (Å²) in [6.07, 6.45) is 0. The van der Waals surface area contributed by atoms with Gasteiger partial charge in [-0.1, -0.05) is 41.9 Å². The molecule has 2 heterocycles. The number of amides is 2. The Morgan fingerprint density at radius 3 is 2.47 bits per heavy atom. The summed E-state index contributed by atoms with van der Waals surface area (Å²) in [5.74, 6) is -4.01. The normalized spacial score (nSPS) is 11.2. The average Bonchev–Trinajstić information content (AvgIpc) is 3.26. The van der Waals surface area contributed by atoms with E-state index in [2.05, 4.69) is 20.7 Å². The van der Waals surface area contributed by atoms with Crippen LogP contribution in [-0.2, 0) is 0 Å². The minimum Gasteiger partial charge on any atom is -0.384 e. The van der Waals surface area contributed by atoms with E-state index in [4.69, 9.17) is 17.3 Å². The van der Waals surface area contributed by atoms with Gasteiger partial charge in [0.25, 0.3) is 17.7 Å². The van der Waals surface area contributed by atoms with Crippen molar-refractivity contribution in [2.24, 2.45) is 0 Å². The van der Waals surface area contributed by atoms with Gasteiger partial charge in [0.2, 0.25) is 0 Å². The first-order valence-corrected chi connectivity index (χ1v) is 11.1. The number of nitrogens with zero attached hydrogens (tertiary/aromatic N) is 3. The number of nitrogens with two attached hydrogens (primary N) is 1. The number of carbonyl (C=O) groups excluding carboxylic acids is 2. The number of para-hydroxylation sites is 1. The van der Waals surface area contributed by atoms with Gasteiger partial charge in [-0.2, -0.15) is 5.10 Å². The zero-order chi connectivity index (χ0) is 25.9. The summed E-state index contributed by atoms with van der Waals surface area (Å²) in [6.45, 7) is -0.162. The molecule has 0 atom stereocenters. The molecule has 0 saturated carbocycles. The molecule has 0 aliphatic carbocycles. The molecule has 0 fully saturated rings. The highest BCUT2D eigenvalue weighted by molar-refractivity contribution is 6.34. The monoisotopic (exact) mass is 510 g/mol. The molecule has 2 aromatic heterocycles. The van der Waals surface area contributed by atoms with Gasteiger partial charge in [-0.05, 0) is 36.4 Å². The van der Waals surface area contributed by atoms with Gasteiger partial charge in [0.15, 0.2) is 5.69 Å². The van der Waals surface area contributed by atoms with Crippen molar-refractivity contribution < 1.29 is 18.4 Å². The fraction of sp³-hybridized carbons (Fsp3) is 0.120. The molecule has 2 aromatic carbocycles. The van der Waals surface area contributed by atoms with Gasteiger partial charge in [0.1, 0.15) is 11.6 Å². The van der Waals surface area contributed by atoms with Crippen molar-refractivity contribution >= 4 is 35.1 Å². The Balaban J connectivity index is 1.66. The maximum Gasteiger partial charge on any atom is 0.272 e. The number of alkyl halides is 2. The highest BCUT2D eigenvalue weighted by atomic mass is 35.5. The van der Waals surface area contributed by atoms with Crippen LogP contribution in [0.1, 0.15) is 27.8 Å². The first-order chi connectivity index (χ1) is 17.1. The number of aromatic nitrogens is 3. The molecule has 0 aliphatic rings. The van der Waals surface area contributed by atoms with Gasteiger partial charge in [-0.3, -0.25) is 9.59 Å². The Labute approximate surface area is 210 Å². The van der Waals surface area contributed by atoms with E-state index in [1.165, 1.54) is 10.7 Å². The predicted molar refractivity (Wildman–Crippen MR) is 134 cm³/mol. The topological polar surface area (TPSA) is 115 Å². The molecule has 0 radical (unpaired) electrons. The van der Waals surface area contributed by atoms with E-state index in [9.17, 15) is 18.4 Å². The van der Waals surface area contributed by atoms with Crippen LogP contribution in [0.4, 0.5) is 20.4 Å². The average molecular weight is 511 g/mol. The summed E-state index contributed by atoms with van der Waals surface area (Å²) in [6, 6.07) is 20.0.